The molecule has 1 aromatic heterocycles. The maximum atomic E-state index is 12.0. The highest BCUT2D eigenvalue weighted by molar-refractivity contribution is 5.89. The molecule has 5 aromatic rings. The van der Waals surface area contributed by atoms with Crippen molar-refractivity contribution in [2.45, 2.75) is 0 Å². The van der Waals surface area contributed by atoms with Gasteiger partial charge < -0.3 is 14.5 Å². The molecule has 1 aliphatic rings. The molecule has 0 radical (unpaired) electrons. The number of ether oxygens (including phenoxy) is 1. The second-order valence-corrected chi connectivity index (χ2v) is 6.64. The Balaban J connectivity index is 0.000000125. The highest BCUT2D eigenvalue weighted by atomic mass is 16.5. The molecule has 4 heteroatoms. The minimum Gasteiger partial charge on any atom is -0.456 e. The van der Waals surface area contributed by atoms with Gasteiger partial charge in [0.15, 0.2) is 11.5 Å². The number of benzene rings is 4. The summed E-state index contributed by atoms with van der Waals surface area (Å²) in [6.45, 7) is 0. The quantitative estimate of drug-likeness (QED) is 0.307. The van der Waals surface area contributed by atoms with Gasteiger partial charge in [-0.1, -0.05) is 48.5 Å². The molecule has 0 amide bonds. The monoisotopic (exact) mass is 379 g/mol. The molecule has 1 N–H and O–H groups in total. The van der Waals surface area contributed by atoms with E-state index in [1.54, 1.807) is 12.1 Å². The lowest BCUT2D eigenvalue weighted by atomic mass is 10.1. The molecule has 2 heterocycles. The number of nitrogens with one attached hydrogen (secondary N) is 1. The fourth-order valence-corrected chi connectivity index (χ4v) is 3.33. The summed E-state index contributed by atoms with van der Waals surface area (Å²) in [5.41, 5.74) is 3.35. The topological polar surface area (TPSA) is 51.5 Å². The van der Waals surface area contributed by atoms with Crippen molar-refractivity contribution in [3.05, 3.63) is 107 Å². The van der Waals surface area contributed by atoms with E-state index in [9.17, 15) is 4.79 Å². The van der Waals surface area contributed by atoms with Crippen LogP contribution in [0, 0.1) is 0 Å². The number of rotatable bonds is 0. The van der Waals surface area contributed by atoms with E-state index in [1.807, 2.05) is 84.9 Å². The van der Waals surface area contributed by atoms with Gasteiger partial charge in [-0.2, -0.15) is 0 Å². The van der Waals surface area contributed by atoms with Gasteiger partial charge in [0.25, 0.3) is 0 Å². The Hall–Kier alpha value is -4.05. The highest BCUT2D eigenvalue weighted by Gasteiger charge is 2.14. The first-order valence-electron chi connectivity index (χ1n) is 9.33. The highest BCUT2D eigenvalue weighted by Crippen LogP contribution is 2.40. The smallest absolute Gasteiger partial charge is 0.200 e. The molecule has 6 rings (SSSR count). The first kappa shape index (κ1) is 17.1. The Kier molecular flexibility index (Phi) is 4.22. The van der Waals surface area contributed by atoms with Crippen molar-refractivity contribution < 1.29 is 9.15 Å². The second kappa shape index (κ2) is 7.17. The van der Waals surface area contributed by atoms with E-state index in [1.165, 1.54) is 0 Å². The van der Waals surface area contributed by atoms with Gasteiger partial charge in [-0.05, 0) is 48.5 Å². The van der Waals surface area contributed by atoms with E-state index in [4.69, 9.17) is 9.15 Å². The molecule has 140 valence electrons. The number of para-hydroxylation sites is 6. The van der Waals surface area contributed by atoms with Crippen molar-refractivity contribution in [1.29, 1.82) is 0 Å². The summed E-state index contributed by atoms with van der Waals surface area (Å²) in [5, 5.41) is 4.59. The Labute approximate surface area is 167 Å². The predicted octanol–water partition coefficient (Wildman–Crippen LogP) is 6.48. The van der Waals surface area contributed by atoms with Crippen LogP contribution in [-0.2, 0) is 0 Å². The fourth-order valence-electron chi connectivity index (χ4n) is 3.33. The lowest BCUT2D eigenvalue weighted by Gasteiger charge is -2.20. The van der Waals surface area contributed by atoms with Crippen LogP contribution in [0.25, 0.3) is 21.9 Å². The fraction of sp³-hybridized carbons (Fsp3) is 0. The van der Waals surface area contributed by atoms with Gasteiger partial charge in [-0.3, -0.25) is 4.79 Å². The van der Waals surface area contributed by atoms with Gasteiger partial charge in [0.2, 0.25) is 5.43 Å². The Morgan fingerprint density at radius 3 is 1.55 bits per heavy atom. The van der Waals surface area contributed by atoms with Crippen LogP contribution in [0.15, 0.2) is 106 Å². The molecule has 0 saturated carbocycles. The maximum absolute atomic E-state index is 12.0. The summed E-state index contributed by atoms with van der Waals surface area (Å²) in [7, 11) is 0. The molecule has 0 saturated heterocycles. The van der Waals surface area contributed by atoms with E-state index in [2.05, 4.69) is 5.32 Å². The number of hydrogen-bond acceptors (Lipinski definition) is 4. The zero-order valence-electron chi connectivity index (χ0n) is 15.5. The van der Waals surface area contributed by atoms with Crippen LogP contribution in [0.3, 0.4) is 0 Å². The standard InChI is InChI=1S/C13H8O2.C12H9NO/c14-13-9-5-1-3-7-11(9)15-12-8-4-2-6-10(12)13;1-3-7-11-9(5-1)13-10-6-2-4-8-12(10)14-11/h1-8H;1-8,13H. The zero-order valence-corrected chi connectivity index (χ0v) is 15.5. The third-order valence-electron chi connectivity index (χ3n) is 4.75. The molecule has 4 nitrogen and oxygen atoms in total. The first-order valence-corrected chi connectivity index (χ1v) is 9.33. The zero-order chi connectivity index (χ0) is 19.6. The average Bonchev–Trinajstić information content (AvgIpc) is 2.78. The lowest BCUT2D eigenvalue weighted by molar-refractivity contribution is 0.481. The van der Waals surface area contributed by atoms with Gasteiger partial charge in [0.1, 0.15) is 11.2 Å². The van der Waals surface area contributed by atoms with Gasteiger partial charge in [-0.25, -0.2) is 0 Å². The average molecular weight is 379 g/mol. The Morgan fingerprint density at radius 2 is 1.00 bits per heavy atom. The van der Waals surface area contributed by atoms with Crippen LogP contribution in [0.4, 0.5) is 11.4 Å². The van der Waals surface area contributed by atoms with E-state index in [0.29, 0.717) is 21.9 Å². The minimum atomic E-state index is 0.0347. The van der Waals surface area contributed by atoms with Crippen LogP contribution < -0.4 is 15.5 Å². The van der Waals surface area contributed by atoms with Crippen molar-refractivity contribution in [2.24, 2.45) is 0 Å². The molecular formula is C25H17NO3. The summed E-state index contributed by atoms with van der Waals surface area (Å²) in [6, 6.07) is 30.4. The number of anilines is 2. The number of hydrogen-bond donors (Lipinski definition) is 1. The summed E-state index contributed by atoms with van der Waals surface area (Å²) in [4.78, 5) is 12.0. The molecule has 29 heavy (non-hydrogen) atoms. The summed E-state index contributed by atoms with van der Waals surface area (Å²) >= 11 is 0. The van der Waals surface area contributed by atoms with Crippen molar-refractivity contribution in [1.82, 2.24) is 0 Å². The molecule has 0 bridgehead atoms. The molecule has 0 unspecified atom stereocenters. The third-order valence-corrected chi connectivity index (χ3v) is 4.75. The van der Waals surface area contributed by atoms with Crippen LogP contribution in [0.1, 0.15) is 0 Å². The summed E-state index contributed by atoms with van der Waals surface area (Å²) in [5.74, 6) is 1.76. The largest absolute Gasteiger partial charge is 0.456 e. The molecule has 1 aliphatic heterocycles. The van der Waals surface area contributed by atoms with Crippen molar-refractivity contribution in [2.75, 3.05) is 5.32 Å². The number of fused-ring (bicyclic) bond motifs is 4. The van der Waals surface area contributed by atoms with E-state index >= 15 is 0 Å². The van der Waals surface area contributed by atoms with Crippen LogP contribution in [-0.4, -0.2) is 0 Å². The summed E-state index contributed by atoms with van der Waals surface area (Å²) < 4.78 is 11.3. The molecule has 0 atom stereocenters. The van der Waals surface area contributed by atoms with Crippen molar-refractivity contribution in [3.63, 3.8) is 0 Å². The van der Waals surface area contributed by atoms with Crippen LogP contribution in [0.5, 0.6) is 11.5 Å². The lowest BCUT2D eigenvalue weighted by Crippen LogP contribution is -2.01. The van der Waals surface area contributed by atoms with Gasteiger partial charge in [0.05, 0.1) is 22.1 Å². The Bertz CT molecular complexity index is 1240. The van der Waals surface area contributed by atoms with Gasteiger partial charge in [0, 0.05) is 0 Å². The summed E-state index contributed by atoms with van der Waals surface area (Å²) in [6.07, 6.45) is 0. The molecular weight excluding hydrogens is 362 g/mol. The molecule has 0 aliphatic carbocycles. The van der Waals surface area contributed by atoms with Gasteiger partial charge in [-0.15, -0.1) is 0 Å². The predicted molar refractivity (Wildman–Crippen MR) is 116 cm³/mol. The maximum Gasteiger partial charge on any atom is 0.200 e. The second-order valence-electron chi connectivity index (χ2n) is 6.64. The van der Waals surface area contributed by atoms with Gasteiger partial charge >= 0.3 is 0 Å². The van der Waals surface area contributed by atoms with Crippen LogP contribution in [0.2, 0.25) is 0 Å². The van der Waals surface area contributed by atoms with E-state index in [0.717, 1.165) is 22.9 Å². The Morgan fingerprint density at radius 1 is 0.552 bits per heavy atom. The van der Waals surface area contributed by atoms with Crippen molar-refractivity contribution in [3.8, 4) is 11.5 Å². The third kappa shape index (κ3) is 3.21. The first-order chi connectivity index (χ1) is 14.3. The molecule has 0 spiro atoms. The SMILES string of the molecule is O=c1c2ccccc2oc2ccccc12.c1ccc2c(c1)Nc1ccccc1O2. The minimum absolute atomic E-state index is 0.0347. The van der Waals surface area contributed by atoms with E-state index in [-0.39, 0.29) is 5.43 Å². The van der Waals surface area contributed by atoms with E-state index < -0.39 is 0 Å². The molecule has 0 fully saturated rings. The van der Waals surface area contributed by atoms with Crippen LogP contribution >= 0.6 is 0 Å². The van der Waals surface area contributed by atoms with Crippen molar-refractivity contribution >= 4 is 33.3 Å². The normalized spacial score (nSPS) is 11.4. The molecule has 4 aromatic carbocycles.